The molecule has 0 bridgehead atoms. The Balaban J connectivity index is 2.55. The number of hydrogen-bond donors (Lipinski definition) is 0. The van der Waals surface area contributed by atoms with Gasteiger partial charge in [-0.05, 0) is 25.5 Å². The molecule has 0 heterocycles. The molecule has 14 heavy (non-hydrogen) atoms. The molecule has 0 aliphatic carbocycles. The number of benzene rings is 1. The van der Waals surface area contributed by atoms with Crippen molar-refractivity contribution in [2.24, 2.45) is 0 Å². The monoisotopic (exact) mass is 193 g/mol. The molecule has 1 aromatic rings. The summed E-state index contributed by atoms with van der Waals surface area (Å²) in [5, 5.41) is 0. The van der Waals surface area contributed by atoms with Gasteiger partial charge in [0.05, 0.1) is 13.2 Å². The molecule has 2 heteroatoms. The topological polar surface area (TPSA) is 18.5 Å². The normalized spacial score (nSPS) is 10.1. The minimum Gasteiger partial charge on any atom is -0.494 e. The summed E-state index contributed by atoms with van der Waals surface area (Å²) in [6.07, 6.45) is 0.796. The molecular formula is C12H17O2. The first-order valence-electron chi connectivity index (χ1n) is 5.02. The summed E-state index contributed by atoms with van der Waals surface area (Å²) in [7, 11) is 0. The van der Waals surface area contributed by atoms with Crippen LogP contribution in [0, 0.1) is 6.61 Å². The molecule has 0 atom stereocenters. The Morgan fingerprint density at radius 3 is 2.64 bits per heavy atom. The molecule has 0 N–H and O–H groups in total. The third kappa shape index (κ3) is 3.38. The van der Waals surface area contributed by atoms with Crippen molar-refractivity contribution in [2.45, 2.75) is 20.3 Å². The second-order valence-corrected chi connectivity index (χ2v) is 2.87. The van der Waals surface area contributed by atoms with Gasteiger partial charge in [0.1, 0.15) is 5.75 Å². The highest BCUT2D eigenvalue weighted by Crippen LogP contribution is 2.19. The summed E-state index contributed by atoms with van der Waals surface area (Å²) in [6, 6.07) is 8.03. The molecule has 0 fully saturated rings. The molecule has 0 spiro atoms. The van der Waals surface area contributed by atoms with E-state index in [-0.39, 0.29) is 0 Å². The lowest BCUT2D eigenvalue weighted by Crippen LogP contribution is -1.98. The Bertz CT molecular complexity index is 258. The van der Waals surface area contributed by atoms with Gasteiger partial charge in [0.25, 0.3) is 0 Å². The first-order chi connectivity index (χ1) is 6.88. The van der Waals surface area contributed by atoms with Gasteiger partial charge in [-0.25, -0.2) is 0 Å². The van der Waals surface area contributed by atoms with E-state index < -0.39 is 0 Å². The minimum absolute atomic E-state index is 0.700. The van der Waals surface area contributed by atoms with Crippen LogP contribution in [0.15, 0.2) is 24.3 Å². The van der Waals surface area contributed by atoms with Crippen LogP contribution < -0.4 is 4.74 Å². The summed E-state index contributed by atoms with van der Waals surface area (Å²) in [6.45, 7) is 7.20. The fraction of sp³-hybridized carbons (Fsp3) is 0.417. The van der Waals surface area contributed by atoms with Gasteiger partial charge < -0.3 is 9.47 Å². The largest absolute Gasteiger partial charge is 0.494 e. The maximum absolute atomic E-state index is 5.49. The Morgan fingerprint density at radius 1 is 1.14 bits per heavy atom. The molecular weight excluding hydrogens is 176 g/mol. The standard InChI is InChI=1S/C12H17O2/c1-3-13-10-9-11-7-5-6-8-12(11)14-4-2/h5-8,10H,3-4,9H2,1-2H3. The van der Waals surface area contributed by atoms with Crippen LogP contribution in [-0.2, 0) is 11.2 Å². The molecule has 1 aromatic carbocycles. The molecule has 0 saturated carbocycles. The predicted octanol–water partition coefficient (Wildman–Crippen LogP) is 2.83. The van der Waals surface area contributed by atoms with E-state index in [2.05, 4.69) is 6.07 Å². The van der Waals surface area contributed by atoms with E-state index in [9.17, 15) is 0 Å². The highest BCUT2D eigenvalue weighted by Gasteiger charge is 2.01. The minimum atomic E-state index is 0.700. The summed E-state index contributed by atoms with van der Waals surface area (Å²) in [4.78, 5) is 0. The second kappa shape index (κ2) is 6.44. The van der Waals surface area contributed by atoms with Gasteiger partial charge in [-0.2, -0.15) is 0 Å². The zero-order valence-corrected chi connectivity index (χ0v) is 8.82. The Kier molecular flexibility index (Phi) is 5.08. The van der Waals surface area contributed by atoms with E-state index in [0.717, 1.165) is 18.8 Å². The highest BCUT2D eigenvalue weighted by molar-refractivity contribution is 5.33. The molecule has 1 radical (unpaired) electrons. The molecule has 77 valence electrons. The first kappa shape index (κ1) is 11.1. The molecule has 0 amide bonds. The smallest absolute Gasteiger partial charge is 0.122 e. The SMILES string of the molecule is CCO[CH]Cc1ccccc1OCC. The second-order valence-electron chi connectivity index (χ2n) is 2.87. The van der Waals surface area contributed by atoms with Crippen LogP contribution in [0.1, 0.15) is 19.4 Å². The highest BCUT2D eigenvalue weighted by atomic mass is 16.5. The Morgan fingerprint density at radius 2 is 1.93 bits per heavy atom. The van der Waals surface area contributed by atoms with Crippen LogP contribution in [0.3, 0.4) is 0 Å². The van der Waals surface area contributed by atoms with Crippen molar-refractivity contribution >= 4 is 0 Å². The average Bonchev–Trinajstić information content (AvgIpc) is 2.21. The Labute approximate surface area is 85.8 Å². The maximum Gasteiger partial charge on any atom is 0.122 e. The summed E-state index contributed by atoms with van der Waals surface area (Å²) < 4.78 is 10.7. The van der Waals surface area contributed by atoms with Crippen molar-refractivity contribution in [2.75, 3.05) is 13.2 Å². The van der Waals surface area contributed by atoms with Crippen molar-refractivity contribution < 1.29 is 9.47 Å². The van der Waals surface area contributed by atoms with Gasteiger partial charge in [0, 0.05) is 13.0 Å². The van der Waals surface area contributed by atoms with Crippen LogP contribution >= 0.6 is 0 Å². The summed E-state index contributed by atoms with van der Waals surface area (Å²) >= 11 is 0. The molecule has 2 nitrogen and oxygen atoms in total. The van der Waals surface area contributed by atoms with Gasteiger partial charge >= 0.3 is 0 Å². The fourth-order valence-corrected chi connectivity index (χ4v) is 1.24. The van der Waals surface area contributed by atoms with Gasteiger partial charge in [-0.3, -0.25) is 0 Å². The first-order valence-corrected chi connectivity index (χ1v) is 5.02. The van der Waals surface area contributed by atoms with Crippen LogP contribution in [0.5, 0.6) is 5.75 Å². The molecule has 0 aromatic heterocycles. The number of para-hydroxylation sites is 1. The molecule has 0 aliphatic rings. The van der Waals surface area contributed by atoms with Crippen molar-refractivity contribution in [3.05, 3.63) is 36.4 Å². The van der Waals surface area contributed by atoms with Crippen LogP contribution in [0.2, 0.25) is 0 Å². The lowest BCUT2D eigenvalue weighted by Gasteiger charge is -2.09. The number of hydrogen-bond acceptors (Lipinski definition) is 2. The zero-order chi connectivity index (χ0) is 10.2. The van der Waals surface area contributed by atoms with Crippen molar-refractivity contribution in [3.8, 4) is 5.75 Å². The number of ether oxygens (including phenoxy) is 2. The molecule has 0 unspecified atom stereocenters. The van der Waals surface area contributed by atoms with E-state index in [1.165, 1.54) is 5.56 Å². The van der Waals surface area contributed by atoms with E-state index in [1.54, 1.807) is 0 Å². The van der Waals surface area contributed by atoms with E-state index in [1.807, 2.05) is 38.7 Å². The Hall–Kier alpha value is -1.02. The molecule has 1 rings (SSSR count). The van der Waals surface area contributed by atoms with Crippen molar-refractivity contribution in [3.63, 3.8) is 0 Å². The predicted molar refractivity (Wildman–Crippen MR) is 57.2 cm³/mol. The van der Waals surface area contributed by atoms with E-state index in [4.69, 9.17) is 9.47 Å². The van der Waals surface area contributed by atoms with Crippen molar-refractivity contribution in [1.82, 2.24) is 0 Å². The van der Waals surface area contributed by atoms with Crippen LogP contribution in [-0.4, -0.2) is 13.2 Å². The third-order valence-electron chi connectivity index (χ3n) is 1.86. The summed E-state index contributed by atoms with van der Waals surface area (Å²) in [5.41, 5.74) is 1.17. The van der Waals surface area contributed by atoms with Gasteiger partial charge in [0.15, 0.2) is 0 Å². The lowest BCUT2D eigenvalue weighted by atomic mass is 10.1. The zero-order valence-electron chi connectivity index (χ0n) is 8.82. The molecule has 0 saturated heterocycles. The number of rotatable bonds is 6. The van der Waals surface area contributed by atoms with Crippen molar-refractivity contribution in [1.29, 1.82) is 0 Å². The average molecular weight is 193 g/mol. The van der Waals surface area contributed by atoms with E-state index >= 15 is 0 Å². The van der Waals surface area contributed by atoms with Gasteiger partial charge in [-0.15, -0.1) is 0 Å². The van der Waals surface area contributed by atoms with Gasteiger partial charge in [-0.1, -0.05) is 18.2 Å². The van der Waals surface area contributed by atoms with Crippen LogP contribution in [0.4, 0.5) is 0 Å². The third-order valence-corrected chi connectivity index (χ3v) is 1.86. The van der Waals surface area contributed by atoms with Gasteiger partial charge in [0.2, 0.25) is 0 Å². The fourth-order valence-electron chi connectivity index (χ4n) is 1.24. The lowest BCUT2D eigenvalue weighted by molar-refractivity contribution is 0.211. The maximum atomic E-state index is 5.49. The van der Waals surface area contributed by atoms with Crippen LogP contribution in [0.25, 0.3) is 0 Å². The molecule has 0 aliphatic heterocycles. The summed E-state index contributed by atoms with van der Waals surface area (Å²) in [5.74, 6) is 0.950. The quantitative estimate of drug-likeness (QED) is 0.647. The van der Waals surface area contributed by atoms with E-state index in [0.29, 0.717) is 6.61 Å².